The van der Waals surface area contributed by atoms with Crippen molar-refractivity contribution in [1.29, 1.82) is 0 Å². The second-order valence-electron chi connectivity index (χ2n) is 4.51. The molecule has 1 heterocycles. The minimum Gasteiger partial charge on any atom is -0.626 e. The maximum atomic E-state index is 11.8. The molecule has 0 aliphatic carbocycles. The first-order valence-electron chi connectivity index (χ1n) is 5.87. The molecule has 1 aromatic heterocycles. The van der Waals surface area contributed by atoms with Gasteiger partial charge in [-0.25, -0.2) is 0 Å². The summed E-state index contributed by atoms with van der Waals surface area (Å²) < 4.78 is 0. The van der Waals surface area contributed by atoms with Crippen molar-refractivity contribution in [3.8, 4) is 0 Å². The number of hydrogen-bond acceptors (Lipinski definition) is 1. The van der Waals surface area contributed by atoms with Crippen LogP contribution in [0.1, 0.15) is 36.6 Å². The summed E-state index contributed by atoms with van der Waals surface area (Å²) in [5.74, 6) is 0.237. The Morgan fingerprint density at radius 1 is 1.06 bits per heavy atom. The van der Waals surface area contributed by atoms with Gasteiger partial charge in [-0.1, -0.05) is 56.3 Å². The second-order valence-corrected chi connectivity index (χ2v) is 4.51. The van der Waals surface area contributed by atoms with Crippen molar-refractivity contribution in [3.05, 3.63) is 69.6 Å². The molecule has 3 heteroatoms. The van der Waals surface area contributed by atoms with E-state index in [0.29, 0.717) is 6.42 Å². The first kappa shape index (κ1) is 14.9. The van der Waals surface area contributed by atoms with E-state index in [1.54, 1.807) is 0 Å². The topological polar surface area (TPSA) is 31.2 Å². The van der Waals surface area contributed by atoms with E-state index in [1.807, 2.05) is 56.3 Å². The van der Waals surface area contributed by atoms with Gasteiger partial charge in [0, 0.05) is 20.4 Å². The first-order valence-corrected chi connectivity index (χ1v) is 5.87. The van der Waals surface area contributed by atoms with E-state index in [1.165, 1.54) is 5.56 Å². The van der Waals surface area contributed by atoms with Crippen molar-refractivity contribution < 1.29 is 20.4 Å². The molecule has 0 atom stereocenters. The number of hydrogen-bond donors (Lipinski definition) is 0. The van der Waals surface area contributed by atoms with E-state index in [0.717, 1.165) is 11.3 Å². The SMILES string of the molecule is CC(C)c1ccc(Cc2ccccc2)[n-]c1=O.[Re]. The predicted molar refractivity (Wildman–Crippen MR) is 69.4 cm³/mol. The molecule has 0 amide bonds. The molecule has 95 valence electrons. The number of pyridine rings is 1. The average Bonchev–Trinajstić information content (AvgIpc) is 2.30. The Hall–Kier alpha value is -1.17. The van der Waals surface area contributed by atoms with Gasteiger partial charge in [0.1, 0.15) is 0 Å². The van der Waals surface area contributed by atoms with Crippen molar-refractivity contribution in [2.45, 2.75) is 26.2 Å². The third-order valence-corrected chi connectivity index (χ3v) is 2.80. The fraction of sp³-hybridized carbons (Fsp3) is 0.267. The third-order valence-electron chi connectivity index (χ3n) is 2.80. The Kier molecular flexibility index (Phi) is 5.53. The van der Waals surface area contributed by atoms with Gasteiger partial charge < -0.3 is 9.78 Å². The van der Waals surface area contributed by atoms with Gasteiger partial charge in [-0.2, -0.15) is 5.69 Å². The maximum Gasteiger partial charge on any atom is 0.0812 e. The smallest absolute Gasteiger partial charge is 0.0812 e. The second kappa shape index (κ2) is 6.68. The van der Waals surface area contributed by atoms with Crippen molar-refractivity contribution >= 4 is 0 Å². The van der Waals surface area contributed by atoms with Crippen molar-refractivity contribution in [1.82, 2.24) is 4.98 Å². The summed E-state index contributed by atoms with van der Waals surface area (Å²) in [6.45, 7) is 4.02. The Morgan fingerprint density at radius 3 is 2.28 bits per heavy atom. The van der Waals surface area contributed by atoms with Crippen LogP contribution in [-0.4, -0.2) is 0 Å². The van der Waals surface area contributed by atoms with Crippen LogP contribution in [0.25, 0.3) is 0 Å². The molecule has 0 N–H and O–H groups in total. The third kappa shape index (κ3) is 3.66. The molecule has 2 rings (SSSR count). The molecule has 1 radical (unpaired) electrons. The van der Waals surface area contributed by atoms with Crippen molar-refractivity contribution in [2.75, 3.05) is 0 Å². The molecule has 18 heavy (non-hydrogen) atoms. The molecule has 0 saturated carbocycles. The molecule has 0 bridgehead atoms. The Balaban J connectivity index is 0.00000162. The van der Waals surface area contributed by atoms with Gasteiger partial charge in [0.15, 0.2) is 0 Å². The van der Waals surface area contributed by atoms with Crippen LogP contribution in [0.15, 0.2) is 47.3 Å². The molecule has 0 saturated heterocycles. The van der Waals surface area contributed by atoms with E-state index in [-0.39, 0.29) is 31.9 Å². The van der Waals surface area contributed by atoms with Gasteiger partial charge in [-0.3, -0.25) is 0 Å². The van der Waals surface area contributed by atoms with E-state index in [4.69, 9.17) is 0 Å². The quantitative estimate of drug-likeness (QED) is 0.776. The van der Waals surface area contributed by atoms with Gasteiger partial charge in [0.05, 0.1) is 5.56 Å². The molecule has 0 spiro atoms. The number of nitrogens with zero attached hydrogens (tertiary/aromatic N) is 1. The molecular weight excluding hydrogens is 396 g/mol. The van der Waals surface area contributed by atoms with Crippen molar-refractivity contribution in [2.24, 2.45) is 0 Å². The molecule has 0 aliphatic rings. The summed E-state index contributed by atoms with van der Waals surface area (Å²) in [5.41, 5.74) is 2.72. The number of aromatic nitrogens is 1. The van der Waals surface area contributed by atoms with Crippen LogP contribution in [0.3, 0.4) is 0 Å². The minimum atomic E-state index is -0.0894. The molecular formula is C15H16NORe-. The largest absolute Gasteiger partial charge is 0.626 e. The van der Waals surface area contributed by atoms with Crippen LogP contribution in [0.5, 0.6) is 0 Å². The summed E-state index contributed by atoms with van der Waals surface area (Å²) in [6.07, 6.45) is 0.717. The molecule has 0 aliphatic heterocycles. The van der Waals surface area contributed by atoms with E-state index in [2.05, 4.69) is 4.98 Å². The van der Waals surface area contributed by atoms with Gasteiger partial charge in [0.25, 0.3) is 0 Å². The van der Waals surface area contributed by atoms with Crippen LogP contribution < -0.4 is 10.5 Å². The van der Waals surface area contributed by atoms with Crippen LogP contribution in [-0.2, 0) is 26.8 Å². The summed E-state index contributed by atoms with van der Waals surface area (Å²) in [4.78, 5) is 15.9. The normalized spacial score (nSPS) is 10.2. The van der Waals surface area contributed by atoms with Crippen molar-refractivity contribution in [3.63, 3.8) is 0 Å². The summed E-state index contributed by atoms with van der Waals surface area (Å²) in [5, 5.41) is 0. The van der Waals surface area contributed by atoms with E-state index >= 15 is 0 Å². The number of rotatable bonds is 3. The monoisotopic (exact) mass is 413 g/mol. The standard InChI is InChI=1S/C15H17NO.Re/c1-11(2)14-9-8-13(16-15(14)17)10-12-6-4-3-5-7-12;/h3-9,11H,10H2,1-2H3,(H,16,17);/p-1. The van der Waals surface area contributed by atoms with E-state index in [9.17, 15) is 4.79 Å². The molecule has 2 nitrogen and oxygen atoms in total. The molecule has 1 aromatic carbocycles. The fourth-order valence-electron chi connectivity index (χ4n) is 1.83. The van der Waals surface area contributed by atoms with Crippen LogP contribution in [0.2, 0.25) is 0 Å². The molecule has 0 fully saturated rings. The zero-order valence-corrected chi connectivity index (χ0v) is 13.3. The predicted octanol–water partition coefficient (Wildman–Crippen LogP) is 2.72. The average molecular weight is 413 g/mol. The van der Waals surface area contributed by atoms with Gasteiger partial charge in [-0.05, 0) is 23.5 Å². The summed E-state index contributed by atoms with van der Waals surface area (Å²) >= 11 is 0. The van der Waals surface area contributed by atoms with Crippen LogP contribution in [0.4, 0.5) is 0 Å². The zero-order valence-electron chi connectivity index (χ0n) is 10.6. The molecule has 0 unspecified atom stereocenters. The van der Waals surface area contributed by atoms with Gasteiger partial charge in [-0.15, -0.1) is 0 Å². The number of benzene rings is 1. The van der Waals surface area contributed by atoms with Crippen LogP contribution >= 0.6 is 0 Å². The van der Waals surface area contributed by atoms with Gasteiger partial charge >= 0.3 is 0 Å². The zero-order chi connectivity index (χ0) is 12.3. The Morgan fingerprint density at radius 2 is 1.72 bits per heavy atom. The van der Waals surface area contributed by atoms with Crippen LogP contribution in [0, 0.1) is 0 Å². The molecule has 2 aromatic rings. The Bertz CT molecular complexity index is 546. The fourth-order valence-corrected chi connectivity index (χ4v) is 1.83. The maximum absolute atomic E-state index is 11.8. The minimum absolute atomic E-state index is 0. The summed E-state index contributed by atoms with van der Waals surface area (Å²) in [7, 11) is 0. The first-order chi connectivity index (χ1) is 8.16. The van der Waals surface area contributed by atoms with E-state index < -0.39 is 0 Å². The Labute approximate surface area is 121 Å². The van der Waals surface area contributed by atoms with Gasteiger partial charge in [0.2, 0.25) is 0 Å². The summed E-state index contributed by atoms with van der Waals surface area (Å²) in [6, 6.07) is 13.9.